The van der Waals surface area contributed by atoms with Crippen molar-refractivity contribution in [2.45, 2.75) is 44.7 Å². The van der Waals surface area contributed by atoms with Crippen molar-refractivity contribution in [2.24, 2.45) is 5.73 Å². The Morgan fingerprint density at radius 2 is 2.36 bits per heavy atom. The molecule has 0 saturated carbocycles. The van der Waals surface area contributed by atoms with Crippen LogP contribution >= 0.6 is 0 Å². The normalized spacial score (nSPS) is 25.5. The Balaban J connectivity index is 2.39. The summed E-state index contributed by atoms with van der Waals surface area (Å²) < 4.78 is 5.28. The van der Waals surface area contributed by atoms with Crippen molar-refractivity contribution in [3.8, 4) is 0 Å². The molecular weight excluding hydrogens is 176 g/mol. The standard InChI is InChI=1S/C11H24N2O/c1-10-5-4-8-13(10)11(9-14-2)6-3-7-12/h10-11H,3-9,12H2,1-2H3. The molecule has 0 aromatic carbocycles. The SMILES string of the molecule is COCC(CCCN)N1CCCC1C. The van der Waals surface area contributed by atoms with Gasteiger partial charge in [0.05, 0.1) is 6.61 Å². The number of nitrogens with two attached hydrogens (primary N) is 1. The van der Waals surface area contributed by atoms with E-state index in [0.717, 1.165) is 25.6 Å². The van der Waals surface area contributed by atoms with Gasteiger partial charge in [-0.2, -0.15) is 0 Å². The van der Waals surface area contributed by atoms with Gasteiger partial charge in [-0.1, -0.05) is 0 Å². The van der Waals surface area contributed by atoms with Crippen molar-refractivity contribution >= 4 is 0 Å². The molecule has 3 heteroatoms. The summed E-state index contributed by atoms with van der Waals surface area (Å²) in [7, 11) is 1.79. The van der Waals surface area contributed by atoms with Gasteiger partial charge in [-0.15, -0.1) is 0 Å². The fourth-order valence-corrected chi connectivity index (χ4v) is 2.39. The Hall–Kier alpha value is -0.120. The van der Waals surface area contributed by atoms with Gasteiger partial charge in [0.15, 0.2) is 0 Å². The first-order chi connectivity index (χ1) is 6.79. The molecule has 3 nitrogen and oxygen atoms in total. The smallest absolute Gasteiger partial charge is 0.0618 e. The number of nitrogens with zero attached hydrogens (tertiary/aromatic N) is 1. The second kappa shape index (κ2) is 6.38. The highest BCUT2D eigenvalue weighted by atomic mass is 16.5. The maximum Gasteiger partial charge on any atom is 0.0618 e. The Morgan fingerprint density at radius 1 is 1.57 bits per heavy atom. The summed E-state index contributed by atoms with van der Waals surface area (Å²) in [5.74, 6) is 0. The lowest BCUT2D eigenvalue weighted by Gasteiger charge is -2.30. The molecule has 84 valence electrons. The van der Waals surface area contributed by atoms with Gasteiger partial charge >= 0.3 is 0 Å². The third-order valence-corrected chi connectivity index (χ3v) is 3.17. The Morgan fingerprint density at radius 3 is 2.86 bits per heavy atom. The van der Waals surface area contributed by atoms with E-state index in [1.807, 2.05) is 0 Å². The van der Waals surface area contributed by atoms with Crippen LogP contribution in [0, 0.1) is 0 Å². The summed E-state index contributed by atoms with van der Waals surface area (Å²) in [6.07, 6.45) is 4.96. The number of likely N-dealkylation sites (tertiary alicyclic amines) is 1. The van der Waals surface area contributed by atoms with Crippen LogP contribution in [0.15, 0.2) is 0 Å². The number of hydrogen-bond donors (Lipinski definition) is 1. The molecule has 0 aromatic heterocycles. The molecule has 2 N–H and O–H groups in total. The van der Waals surface area contributed by atoms with Gasteiger partial charge < -0.3 is 10.5 Å². The number of ether oxygens (including phenoxy) is 1. The molecule has 14 heavy (non-hydrogen) atoms. The van der Waals surface area contributed by atoms with E-state index >= 15 is 0 Å². The Bertz CT molecular complexity index is 152. The van der Waals surface area contributed by atoms with Crippen LogP contribution < -0.4 is 5.73 Å². The molecule has 1 heterocycles. The number of rotatable bonds is 6. The molecule has 1 aliphatic heterocycles. The summed E-state index contributed by atoms with van der Waals surface area (Å²) in [4.78, 5) is 2.58. The minimum Gasteiger partial charge on any atom is -0.383 e. The highest BCUT2D eigenvalue weighted by Gasteiger charge is 2.26. The summed E-state index contributed by atoms with van der Waals surface area (Å²) in [5, 5.41) is 0. The average molecular weight is 200 g/mol. The molecule has 0 amide bonds. The second-order valence-electron chi connectivity index (χ2n) is 4.27. The molecule has 0 aliphatic carbocycles. The summed E-state index contributed by atoms with van der Waals surface area (Å²) in [5.41, 5.74) is 5.55. The van der Waals surface area contributed by atoms with Crippen LogP contribution in [0.3, 0.4) is 0 Å². The topological polar surface area (TPSA) is 38.5 Å². The van der Waals surface area contributed by atoms with Crippen molar-refractivity contribution < 1.29 is 4.74 Å². The van der Waals surface area contributed by atoms with Gasteiger partial charge in [-0.05, 0) is 45.7 Å². The summed E-state index contributed by atoms with van der Waals surface area (Å²) in [6.45, 7) is 5.20. The molecule has 1 fully saturated rings. The monoisotopic (exact) mass is 200 g/mol. The predicted molar refractivity (Wildman–Crippen MR) is 59.4 cm³/mol. The minimum atomic E-state index is 0.584. The molecule has 2 unspecified atom stereocenters. The highest BCUT2D eigenvalue weighted by molar-refractivity contribution is 4.82. The molecule has 1 aliphatic rings. The molecule has 1 saturated heterocycles. The van der Waals surface area contributed by atoms with Crippen LogP contribution in [-0.4, -0.2) is 43.8 Å². The Labute approximate surface area is 87.6 Å². The van der Waals surface area contributed by atoms with E-state index in [1.54, 1.807) is 7.11 Å². The van der Waals surface area contributed by atoms with Crippen molar-refractivity contribution in [3.05, 3.63) is 0 Å². The van der Waals surface area contributed by atoms with Gasteiger partial charge in [0.2, 0.25) is 0 Å². The van der Waals surface area contributed by atoms with Crippen LogP contribution in [0.2, 0.25) is 0 Å². The second-order valence-corrected chi connectivity index (χ2v) is 4.27. The minimum absolute atomic E-state index is 0.584. The maximum atomic E-state index is 5.55. The van der Waals surface area contributed by atoms with Gasteiger partial charge in [0.25, 0.3) is 0 Å². The quantitative estimate of drug-likeness (QED) is 0.701. The average Bonchev–Trinajstić information content (AvgIpc) is 2.59. The van der Waals surface area contributed by atoms with E-state index < -0.39 is 0 Å². The predicted octanol–water partition coefficient (Wildman–Crippen LogP) is 1.22. The van der Waals surface area contributed by atoms with E-state index in [0.29, 0.717) is 6.04 Å². The number of methoxy groups -OCH3 is 1. The van der Waals surface area contributed by atoms with Crippen LogP contribution in [0.5, 0.6) is 0 Å². The fourth-order valence-electron chi connectivity index (χ4n) is 2.39. The molecule has 0 aromatic rings. The first kappa shape index (κ1) is 12.0. The van der Waals surface area contributed by atoms with Crippen molar-refractivity contribution in [3.63, 3.8) is 0 Å². The van der Waals surface area contributed by atoms with Crippen molar-refractivity contribution in [1.29, 1.82) is 0 Å². The molecule has 2 atom stereocenters. The van der Waals surface area contributed by atoms with Crippen LogP contribution in [-0.2, 0) is 4.74 Å². The van der Waals surface area contributed by atoms with Crippen LogP contribution in [0.25, 0.3) is 0 Å². The third-order valence-electron chi connectivity index (χ3n) is 3.17. The Kier molecular flexibility index (Phi) is 5.45. The molecule has 0 radical (unpaired) electrons. The lowest BCUT2D eigenvalue weighted by Crippen LogP contribution is -2.40. The first-order valence-electron chi connectivity index (χ1n) is 5.74. The van der Waals surface area contributed by atoms with E-state index in [-0.39, 0.29) is 0 Å². The molecule has 1 rings (SSSR count). The lowest BCUT2D eigenvalue weighted by molar-refractivity contribution is 0.0802. The third kappa shape index (κ3) is 3.23. The van der Waals surface area contributed by atoms with Crippen molar-refractivity contribution in [2.75, 3.05) is 26.8 Å². The van der Waals surface area contributed by atoms with Gasteiger partial charge in [-0.3, -0.25) is 4.90 Å². The maximum absolute atomic E-state index is 5.55. The van der Waals surface area contributed by atoms with Gasteiger partial charge in [0.1, 0.15) is 0 Å². The van der Waals surface area contributed by atoms with Crippen LogP contribution in [0.4, 0.5) is 0 Å². The summed E-state index contributed by atoms with van der Waals surface area (Å²) in [6, 6.07) is 1.31. The zero-order valence-corrected chi connectivity index (χ0v) is 9.54. The highest BCUT2D eigenvalue weighted by Crippen LogP contribution is 2.21. The molecule has 0 bridgehead atoms. The van der Waals surface area contributed by atoms with Crippen LogP contribution in [0.1, 0.15) is 32.6 Å². The number of hydrogen-bond acceptors (Lipinski definition) is 3. The fraction of sp³-hybridized carbons (Fsp3) is 1.00. The molecular formula is C11H24N2O. The zero-order valence-electron chi connectivity index (χ0n) is 9.54. The molecule has 0 spiro atoms. The van der Waals surface area contributed by atoms with E-state index in [9.17, 15) is 0 Å². The van der Waals surface area contributed by atoms with E-state index in [2.05, 4.69) is 11.8 Å². The summed E-state index contributed by atoms with van der Waals surface area (Å²) >= 11 is 0. The first-order valence-corrected chi connectivity index (χ1v) is 5.74. The van der Waals surface area contributed by atoms with Gasteiger partial charge in [0, 0.05) is 19.2 Å². The van der Waals surface area contributed by atoms with E-state index in [4.69, 9.17) is 10.5 Å². The lowest BCUT2D eigenvalue weighted by atomic mass is 10.1. The van der Waals surface area contributed by atoms with E-state index in [1.165, 1.54) is 25.8 Å². The van der Waals surface area contributed by atoms with Gasteiger partial charge in [-0.25, -0.2) is 0 Å². The van der Waals surface area contributed by atoms with Crippen molar-refractivity contribution in [1.82, 2.24) is 4.90 Å². The zero-order chi connectivity index (χ0) is 10.4. The largest absolute Gasteiger partial charge is 0.383 e.